The zero-order valence-corrected chi connectivity index (χ0v) is 18.3. The van der Waals surface area contributed by atoms with Crippen LogP contribution in [0.1, 0.15) is 58.9 Å². The third-order valence-electron chi connectivity index (χ3n) is 5.65. The van der Waals surface area contributed by atoms with E-state index >= 15 is 4.39 Å². The second-order valence-corrected chi connectivity index (χ2v) is 9.34. The summed E-state index contributed by atoms with van der Waals surface area (Å²) in [6, 6.07) is 0. The van der Waals surface area contributed by atoms with E-state index < -0.39 is 23.3 Å². The Morgan fingerprint density at radius 2 is 1.87 bits per heavy atom. The smallest absolute Gasteiger partial charge is 0.419 e. The first-order valence-electron chi connectivity index (χ1n) is 10.6. The van der Waals surface area contributed by atoms with Crippen molar-refractivity contribution in [3.05, 3.63) is 23.8 Å². The topological polar surface area (TPSA) is 65.8 Å². The van der Waals surface area contributed by atoms with Gasteiger partial charge in [0.1, 0.15) is 5.60 Å². The van der Waals surface area contributed by atoms with Gasteiger partial charge in [-0.15, -0.1) is 0 Å². The molecule has 2 aromatic heterocycles. The maximum atomic E-state index is 15.7. The Balaban J connectivity index is 1.69. The molecule has 0 saturated carbocycles. The zero-order valence-electron chi connectivity index (χ0n) is 18.3. The second-order valence-electron chi connectivity index (χ2n) is 9.34. The molecule has 2 aliphatic rings. The fourth-order valence-electron chi connectivity index (χ4n) is 4.16. The summed E-state index contributed by atoms with van der Waals surface area (Å²) in [5.41, 5.74) is 0.532. The molecule has 4 heterocycles. The zero-order chi connectivity index (χ0) is 21.7. The van der Waals surface area contributed by atoms with Crippen molar-refractivity contribution >= 4 is 22.8 Å². The number of nitrogens with zero attached hydrogens (tertiary/aromatic N) is 3. The van der Waals surface area contributed by atoms with Crippen LogP contribution < -0.4 is 4.90 Å². The Kier molecular flexibility index (Phi) is 5.26. The first kappa shape index (κ1) is 21.1. The van der Waals surface area contributed by atoms with Gasteiger partial charge in [0.15, 0.2) is 17.4 Å². The normalized spacial score (nSPS) is 19.2. The van der Waals surface area contributed by atoms with Crippen LogP contribution in [0.25, 0.3) is 10.9 Å². The van der Waals surface area contributed by atoms with Gasteiger partial charge in [0.05, 0.1) is 24.9 Å². The summed E-state index contributed by atoms with van der Waals surface area (Å²) in [5, 5.41) is 0.425. The lowest BCUT2D eigenvalue weighted by Gasteiger charge is -2.38. The molecule has 0 bridgehead atoms. The molecule has 2 saturated heterocycles. The highest BCUT2D eigenvalue weighted by atomic mass is 19.1. The van der Waals surface area contributed by atoms with Crippen LogP contribution >= 0.6 is 0 Å². The molecule has 2 aromatic rings. The van der Waals surface area contributed by atoms with Gasteiger partial charge < -0.3 is 19.1 Å². The molecular formula is C22H30FN3O4. The van der Waals surface area contributed by atoms with E-state index in [4.69, 9.17) is 14.2 Å². The number of piperidine rings is 1. The highest BCUT2D eigenvalue weighted by molar-refractivity contribution is 5.93. The first-order chi connectivity index (χ1) is 14.1. The largest absolute Gasteiger partial charge is 0.443 e. The van der Waals surface area contributed by atoms with Crippen molar-refractivity contribution < 1.29 is 23.4 Å². The van der Waals surface area contributed by atoms with Gasteiger partial charge >= 0.3 is 6.09 Å². The maximum Gasteiger partial charge on any atom is 0.419 e. The molecule has 0 N–H and O–H groups in total. The van der Waals surface area contributed by atoms with Gasteiger partial charge in [0.2, 0.25) is 0 Å². The van der Waals surface area contributed by atoms with Crippen LogP contribution in [0.4, 0.5) is 15.0 Å². The van der Waals surface area contributed by atoms with Gasteiger partial charge in [-0.3, -0.25) is 4.57 Å². The van der Waals surface area contributed by atoms with E-state index in [-0.39, 0.29) is 5.92 Å². The fourth-order valence-corrected chi connectivity index (χ4v) is 4.16. The Morgan fingerprint density at radius 3 is 2.43 bits per heavy atom. The van der Waals surface area contributed by atoms with Crippen molar-refractivity contribution in [2.24, 2.45) is 0 Å². The summed E-state index contributed by atoms with van der Waals surface area (Å²) in [7, 11) is 0. The van der Waals surface area contributed by atoms with E-state index in [0.29, 0.717) is 55.9 Å². The molecule has 4 rings (SSSR count). The summed E-state index contributed by atoms with van der Waals surface area (Å²) in [6.07, 6.45) is 4.04. The number of carbonyl (C=O) groups excluding carboxylic acids is 1. The number of carbonyl (C=O) groups is 1. The molecule has 30 heavy (non-hydrogen) atoms. The van der Waals surface area contributed by atoms with E-state index in [2.05, 4.69) is 4.98 Å². The minimum atomic E-state index is -0.647. The number of rotatable bonds is 2. The number of hydrogen-bond acceptors (Lipinski definition) is 6. The monoisotopic (exact) mass is 419 g/mol. The number of anilines is 1. The minimum absolute atomic E-state index is 0.0332. The minimum Gasteiger partial charge on any atom is -0.443 e. The number of aromatic nitrogens is 2. The molecule has 0 atom stereocenters. The predicted molar refractivity (Wildman–Crippen MR) is 111 cm³/mol. The van der Waals surface area contributed by atoms with E-state index in [0.717, 1.165) is 5.56 Å². The number of fused-ring (bicyclic) bond motifs is 1. The lowest BCUT2D eigenvalue weighted by molar-refractivity contribution is -0.169. The third kappa shape index (κ3) is 3.78. The SMILES string of the molecule is CC(C)c1cn(C(=O)OC(C)(C)C)c2cnc(N3CCC4(CC3)OCCO4)c(F)c12. The first-order valence-corrected chi connectivity index (χ1v) is 10.6. The van der Waals surface area contributed by atoms with Gasteiger partial charge in [-0.25, -0.2) is 14.2 Å². The molecule has 0 amide bonds. The van der Waals surface area contributed by atoms with E-state index in [1.54, 1.807) is 33.2 Å². The van der Waals surface area contributed by atoms with Crippen LogP contribution in [-0.4, -0.2) is 53.3 Å². The van der Waals surface area contributed by atoms with Gasteiger partial charge in [0.25, 0.3) is 0 Å². The summed E-state index contributed by atoms with van der Waals surface area (Å²) in [4.78, 5) is 19.0. The van der Waals surface area contributed by atoms with Gasteiger partial charge in [0, 0.05) is 37.5 Å². The van der Waals surface area contributed by atoms with Crippen molar-refractivity contribution in [3.63, 3.8) is 0 Å². The van der Waals surface area contributed by atoms with E-state index in [1.807, 2.05) is 18.7 Å². The highest BCUT2D eigenvalue weighted by Gasteiger charge is 2.40. The van der Waals surface area contributed by atoms with E-state index in [1.165, 1.54) is 4.57 Å². The molecule has 0 radical (unpaired) electrons. The summed E-state index contributed by atoms with van der Waals surface area (Å²) in [6.45, 7) is 11.8. The van der Waals surface area contributed by atoms with Crippen LogP contribution in [0.3, 0.4) is 0 Å². The van der Waals surface area contributed by atoms with Crippen LogP contribution in [-0.2, 0) is 14.2 Å². The molecule has 2 aliphatic heterocycles. The fraction of sp³-hybridized carbons (Fsp3) is 0.636. The molecular weight excluding hydrogens is 389 g/mol. The van der Waals surface area contributed by atoms with Crippen LogP contribution in [0, 0.1) is 5.82 Å². The molecule has 0 aliphatic carbocycles. The van der Waals surface area contributed by atoms with Crippen LogP contribution in [0.15, 0.2) is 12.4 Å². The lowest BCUT2D eigenvalue weighted by Crippen LogP contribution is -2.45. The van der Waals surface area contributed by atoms with Crippen molar-refractivity contribution in [1.82, 2.24) is 9.55 Å². The van der Waals surface area contributed by atoms with Crippen LogP contribution in [0.2, 0.25) is 0 Å². The predicted octanol–water partition coefficient (Wildman–Crippen LogP) is 4.43. The lowest BCUT2D eigenvalue weighted by atomic mass is 10.0. The summed E-state index contributed by atoms with van der Waals surface area (Å²) >= 11 is 0. The molecule has 164 valence electrons. The quantitative estimate of drug-likeness (QED) is 0.718. The van der Waals surface area contributed by atoms with Crippen molar-refractivity contribution in [1.29, 1.82) is 0 Å². The molecule has 8 heteroatoms. The molecule has 7 nitrogen and oxygen atoms in total. The average Bonchev–Trinajstić information content (AvgIpc) is 3.27. The number of hydrogen-bond donors (Lipinski definition) is 0. The average molecular weight is 419 g/mol. The Hall–Kier alpha value is -2.19. The van der Waals surface area contributed by atoms with Gasteiger partial charge in [-0.05, 0) is 32.3 Å². The van der Waals surface area contributed by atoms with Crippen LogP contribution in [0.5, 0.6) is 0 Å². The molecule has 0 unspecified atom stereocenters. The second kappa shape index (κ2) is 7.50. The van der Waals surface area contributed by atoms with Gasteiger partial charge in [-0.1, -0.05) is 13.8 Å². The Bertz CT molecular complexity index is 947. The van der Waals surface area contributed by atoms with Crippen molar-refractivity contribution in [2.75, 3.05) is 31.2 Å². The number of pyridine rings is 1. The molecule has 0 aromatic carbocycles. The maximum absolute atomic E-state index is 15.7. The highest BCUT2D eigenvalue weighted by Crippen LogP contribution is 2.37. The summed E-state index contributed by atoms with van der Waals surface area (Å²) in [5.74, 6) is -0.590. The van der Waals surface area contributed by atoms with Crippen molar-refractivity contribution in [2.45, 2.75) is 64.8 Å². The Labute approximate surface area is 176 Å². The molecule has 2 fully saturated rings. The molecule has 1 spiro atoms. The number of halogens is 1. The summed E-state index contributed by atoms with van der Waals surface area (Å²) < 4.78 is 34.1. The Morgan fingerprint density at radius 1 is 1.23 bits per heavy atom. The van der Waals surface area contributed by atoms with Gasteiger partial charge in [-0.2, -0.15) is 0 Å². The van der Waals surface area contributed by atoms with E-state index in [9.17, 15) is 4.79 Å². The standard InChI is InChI=1S/C22H30FN3O4/c1-14(2)15-13-26(20(27)30-21(3,4)5)16-12-24-19(18(23)17(15)16)25-8-6-22(7-9-25)28-10-11-29-22/h12-14H,6-11H2,1-5H3. The number of ether oxygens (including phenoxy) is 3. The third-order valence-corrected chi connectivity index (χ3v) is 5.65. The van der Waals surface area contributed by atoms with Crippen molar-refractivity contribution in [3.8, 4) is 0 Å².